The molecule has 0 unspecified atom stereocenters. The van der Waals surface area contributed by atoms with Gasteiger partial charge in [0.25, 0.3) is 0 Å². The third kappa shape index (κ3) is 4.48. The quantitative estimate of drug-likeness (QED) is 0.860. The fraction of sp³-hybridized carbons (Fsp3) is 0.455. The van der Waals surface area contributed by atoms with Gasteiger partial charge in [-0.3, -0.25) is 4.98 Å². The second-order valence-corrected chi connectivity index (χ2v) is 7.75. The largest absolute Gasteiger partial charge is 0.385 e. The molecule has 1 aliphatic heterocycles. The summed E-state index contributed by atoms with van der Waals surface area (Å²) >= 11 is 0. The van der Waals surface area contributed by atoms with E-state index in [1.54, 1.807) is 17.3 Å². The second kappa shape index (κ2) is 8.09. The number of carbonyl (C=O) groups excluding carboxylic acids is 1. The first-order chi connectivity index (χ1) is 12.9. The normalized spacial score (nSPS) is 17.6. The number of rotatable bonds is 4. The SMILES string of the molecule is CC(C)c1ccc([C@@H](C)NC(=O)N2CCC(O)(c3cccnc3)CC2)cc1. The summed E-state index contributed by atoms with van der Waals surface area (Å²) in [4.78, 5) is 18.5. The number of hydrogen-bond acceptors (Lipinski definition) is 3. The first-order valence-corrected chi connectivity index (χ1v) is 9.67. The Morgan fingerprint density at radius 3 is 2.30 bits per heavy atom. The van der Waals surface area contributed by atoms with E-state index < -0.39 is 5.60 Å². The number of pyridine rings is 1. The molecular formula is C22H29N3O2. The van der Waals surface area contributed by atoms with Crippen LogP contribution >= 0.6 is 0 Å². The molecule has 2 aromatic rings. The molecule has 0 bridgehead atoms. The van der Waals surface area contributed by atoms with E-state index in [1.807, 2.05) is 19.1 Å². The van der Waals surface area contributed by atoms with Gasteiger partial charge in [-0.25, -0.2) is 4.79 Å². The van der Waals surface area contributed by atoms with Crippen molar-refractivity contribution in [1.29, 1.82) is 0 Å². The van der Waals surface area contributed by atoms with Gasteiger partial charge in [-0.05, 0) is 42.9 Å². The fourth-order valence-corrected chi connectivity index (χ4v) is 3.54. The van der Waals surface area contributed by atoms with Crippen molar-refractivity contribution in [3.8, 4) is 0 Å². The number of urea groups is 1. The highest BCUT2D eigenvalue weighted by atomic mass is 16.3. The molecule has 5 heteroatoms. The van der Waals surface area contributed by atoms with Gasteiger partial charge in [-0.1, -0.05) is 44.2 Å². The molecule has 5 nitrogen and oxygen atoms in total. The highest BCUT2D eigenvalue weighted by Gasteiger charge is 2.35. The van der Waals surface area contributed by atoms with E-state index in [-0.39, 0.29) is 12.1 Å². The van der Waals surface area contributed by atoms with Crippen LogP contribution in [0, 0.1) is 0 Å². The second-order valence-electron chi connectivity index (χ2n) is 7.75. The van der Waals surface area contributed by atoms with Crippen molar-refractivity contribution in [3.63, 3.8) is 0 Å². The maximum atomic E-state index is 12.6. The van der Waals surface area contributed by atoms with Gasteiger partial charge in [0.05, 0.1) is 11.6 Å². The molecule has 1 aliphatic rings. The van der Waals surface area contributed by atoms with Gasteiger partial charge in [0.2, 0.25) is 0 Å². The zero-order valence-electron chi connectivity index (χ0n) is 16.4. The fourth-order valence-electron chi connectivity index (χ4n) is 3.54. The summed E-state index contributed by atoms with van der Waals surface area (Å²) in [5, 5.41) is 13.9. The third-order valence-corrected chi connectivity index (χ3v) is 5.52. The number of aliphatic hydroxyl groups is 1. The molecule has 0 saturated carbocycles. The summed E-state index contributed by atoms with van der Waals surface area (Å²) in [7, 11) is 0. The number of amides is 2. The van der Waals surface area contributed by atoms with Crippen LogP contribution in [-0.4, -0.2) is 34.1 Å². The average molecular weight is 367 g/mol. The zero-order chi connectivity index (χ0) is 19.4. The van der Waals surface area contributed by atoms with E-state index >= 15 is 0 Å². The lowest BCUT2D eigenvalue weighted by atomic mass is 9.85. The molecule has 0 aliphatic carbocycles. The summed E-state index contributed by atoms with van der Waals surface area (Å²) in [6.45, 7) is 7.39. The summed E-state index contributed by atoms with van der Waals surface area (Å²) in [5.41, 5.74) is 2.31. The number of benzene rings is 1. The van der Waals surface area contributed by atoms with Crippen LogP contribution in [0.4, 0.5) is 4.79 Å². The third-order valence-electron chi connectivity index (χ3n) is 5.52. The zero-order valence-corrected chi connectivity index (χ0v) is 16.4. The van der Waals surface area contributed by atoms with Gasteiger partial charge in [0.15, 0.2) is 0 Å². The van der Waals surface area contributed by atoms with Gasteiger partial charge < -0.3 is 15.3 Å². The number of likely N-dealkylation sites (tertiary alicyclic amines) is 1. The van der Waals surface area contributed by atoms with Gasteiger partial charge in [0, 0.05) is 31.0 Å². The van der Waals surface area contributed by atoms with Crippen LogP contribution in [0.2, 0.25) is 0 Å². The molecule has 0 spiro atoms. The Balaban J connectivity index is 1.56. The molecule has 2 heterocycles. The van der Waals surface area contributed by atoms with Gasteiger partial charge in [-0.2, -0.15) is 0 Å². The molecule has 27 heavy (non-hydrogen) atoms. The molecule has 1 atom stereocenters. The maximum absolute atomic E-state index is 12.6. The lowest BCUT2D eigenvalue weighted by molar-refractivity contribution is -0.0172. The molecule has 2 N–H and O–H groups in total. The summed E-state index contributed by atoms with van der Waals surface area (Å²) in [6.07, 6.45) is 4.44. The molecule has 0 radical (unpaired) electrons. The Labute approximate surface area is 161 Å². The number of nitrogens with zero attached hydrogens (tertiary/aromatic N) is 2. The van der Waals surface area contributed by atoms with Crippen LogP contribution in [0.3, 0.4) is 0 Å². The molecule has 3 rings (SSSR count). The van der Waals surface area contributed by atoms with E-state index in [1.165, 1.54) is 5.56 Å². The first kappa shape index (κ1) is 19.4. The Bertz CT molecular complexity index is 751. The molecule has 1 saturated heterocycles. The predicted octanol–water partition coefficient (Wildman–Crippen LogP) is 3.96. The van der Waals surface area contributed by atoms with Crippen LogP contribution in [-0.2, 0) is 5.60 Å². The predicted molar refractivity (Wildman–Crippen MR) is 106 cm³/mol. The number of carbonyl (C=O) groups is 1. The summed E-state index contributed by atoms with van der Waals surface area (Å²) < 4.78 is 0. The molecule has 2 amide bonds. The van der Waals surface area contributed by atoms with Crippen LogP contribution < -0.4 is 5.32 Å². The standard InChI is InChI=1S/C22H29N3O2/c1-16(2)18-6-8-19(9-7-18)17(3)24-21(26)25-13-10-22(27,11-14-25)20-5-4-12-23-15-20/h4-9,12,15-17,27H,10-11,13-14H2,1-3H3,(H,24,26)/t17-/m1/s1. The van der Waals surface area contributed by atoms with Crippen molar-refractivity contribution >= 4 is 6.03 Å². The number of nitrogens with one attached hydrogen (secondary N) is 1. The minimum Gasteiger partial charge on any atom is -0.385 e. The lowest BCUT2D eigenvalue weighted by Crippen LogP contribution is -2.49. The van der Waals surface area contributed by atoms with Gasteiger partial charge in [0.1, 0.15) is 0 Å². The van der Waals surface area contributed by atoms with E-state index in [9.17, 15) is 9.90 Å². The maximum Gasteiger partial charge on any atom is 0.317 e. The molecular weight excluding hydrogens is 338 g/mol. The topological polar surface area (TPSA) is 65.5 Å². The lowest BCUT2D eigenvalue weighted by Gasteiger charge is -2.38. The minimum atomic E-state index is -0.899. The van der Waals surface area contributed by atoms with Crippen molar-refractivity contribution in [1.82, 2.24) is 15.2 Å². The highest BCUT2D eigenvalue weighted by molar-refractivity contribution is 5.74. The number of hydrogen-bond donors (Lipinski definition) is 2. The van der Waals surface area contributed by atoms with E-state index in [0.29, 0.717) is 31.8 Å². The van der Waals surface area contributed by atoms with E-state index in [2.05, 4.69) is 48.4 Å². The number of piperidine rings is 1. The van der Waals surface area contributed by atoms with Crippen molar-refractivity contribution in [3.05, 3.63) is 65.5 Å². The van der Waals surface area contributed by atoms with Gasteiger partial charge >= 0.3 is 6.03 Å². The van der Waals surface area contributed by atoms with Crippen molar-refractivity contribution in [2.45, 2.75) is 51.2 Å². The van der Waals surface area contributed by atoms with Crippen LogP contribution in [0.1, 0.15) is 62.3 Å². The van der Waals surface area contributed by atoms with Crippen LogP contribution in [0.15, 0.2) is 48.8 Å². The van der Waals surface area contributed by atoms with Crippen molar-refractivity contribution < 1.29 is 9.90 Å². The summed E-state index contributed by atoms with van der Waals surface area (Å²) in [5.74, 6) is 0.496. The monoisotopic (exact) mass is 367 g/mol. The Morgan fingerprint density at radius 1 is 1.11 bits per heavy atom. The Morgan fingerprint density at radius 2 is 1.74 bits per heavy atom. The van der Waals surface area contributed by atoms with Crippen LogP contribution in [0.5, 0.6) is 0 Å². The van der Waals surface area contributed by atoms with Crippen molar-refractivity contribution in [2.24, 2.45) is 0 Å². The number of aromatic nitrogens is 1. The highest BCUT2D eigenvalue weighted by Crippen LogP contribution is 2.32. The molecule has 144 valence electrons. The smallest absolute Gasteiger partial charge is 0.317 e. The average Bonchev–Trinajstić information content (AvgIpc) is 2.69. The van der Waals surface area contributed by atoms with E-state index in [4.69, 9.17) is 0 Å². The Hall–Kier alpha value is -2.40. The molecule has 1 aromatic heterocycles. The summed E-state index contributed by atoms with van der Waals surface area (Å²) in [6, 6.07) is 12.0. The Kier molecular flexibility index (Phi) is 5.80. The molecule has 1 fully saturated rings. The molecule has 1 aromatic carbocycles. The van der Waals surface area contributed by atoms with Crippen LogP contribution in [0.25, 0.3) is 0 Å². The minimum absolute atomic E-state index is 0.0576. The van der Waals surface area contributed by atoms with Gasteiger partial charge in [-0.15, -0.1) is 0 Å². The van der Waals surface area contributed by atoms with Crippen molar-refractivity contribution in [2.75, 3.05) is 13.1 Å². The first-order valence-electron chi connectivity index (χ1n) is 9.67. The van der Waals surface area contributed by atoms with E-state index in [0.717, 1.165) is 11.1 Å².